The summed E-state index contributed by atoms with van der Waals surface area (Å²) in [5, 5.41) is 3.69. The Morgan fingerprint density at radius 2 is 1.88 bits per heavy atom. The predicted octanol–water partition coefficient (Wildman–Crippen LogP) is 3.52. The maximum Gasteiger partial charge on any atom is 0.0965 e. The Morgan fingerprint density at radius 3 is 2.62 bits per heavy atom. The third-order valence-corrected chi connectivity index (χ3v) is 4.08. The van der Waals surface area contributed by atoms with E-state index in [1.54, 1.807) is 0 Å². The van der Waals surface area contributed by atoms with Gasteiger partial charge in [0.25, 0.3) is 0 Å². The average molecular weight is 222 g/mol. The Bertz CT molecular complexity index is 245. The minimum absolute atomic E-state index is 0.573. The third kappa shape index (κ3) is 3.50. The quantitative estimate of drug-likeness (QED) is 0.721. The van der Waals surface area contributed by atoms with Crippen molar-refractivity contribution in [2.24, 2.45) is 10.4 Å². The van der Waals surface area contributed by atoms with Crippen LogP contribution >= 0.6 is 0 Å². The molecule has 2 aliphatic rings. The lowest BCUT2D eigenvalue weighted by molar-refractivity contribution is 0.217. The molecular weight excluding hydrogens is 196 g/mol. The Kier molecular flexibility index (Phi) is 3.88. The SMILES string of the molecule is CC1(C)CCC(NC2=NCCCCC2)CC1. The molecule has 2 heteroatoms. The number of amidine groups is 1. The van der Waals surface area contributed by atoms with Crippen molar-refractivity contribution in [2.75, 3.05) is 6.54 Å². The molecule has 0 amide bonds. The Balaban J connectivity index is 1.79. The zero-order chi connectivity index (χ0) is 11.4. The Labute approximate surface area is 99.9 Å². The first-order chi connectivity index (χ1) is 7.66. The molecular formula is C14H26N2. The first-order valence-electron chi connectivity index (χ1n) is 6.96. The highest BCUT2D eigenvalue weighted by Crippen LogP contribution is 2.35. The van der Waals surface area contributed by atoms with Gasteiger partial charge in [-0.1, -0.05) is 20.3 Å². The minimum Gasteiger partial charge on any atom is -0.371 e. The van der Waals surface area contributed by atoms with Gasteiger partial charge in [-0.05, 0) is 43.9 Å². The summed E-state index contributed by atoms with van der Waals surface area (Å²) in [5.74, 6) is 1.29. The van der Waals surface area contributed by atoms with Crippen LogP contribution in [0.25, 0.3) is 0 Å². The molecule has 1 N–H and O–H groups in total. The molecule has 2 nitrogen and oxygen atoms in total. The van der Waals surface area contributed by atoms with Crippen molar-refractivity contribution in [3.05, 3.63) is 0 Å². The fraction of sp³-hybridized carbons (Fsp3) is 0.929. The van der Waals surface area contributed by atoms with Crippen LogP contribution in [0, 0.1) is 5.41 Å². The van der Waals surface area contributed by atoms with Crippen molar-refractivity contribution in [3.8, 4) is 0 Å². The number of hydrogen-bond donors (Lipinski definition) is 1. The lowest BCUT2D eigenvalue weighted by Gasteiger charge is -2.35. The van der Waals surface area contributed by atoms with Gasteiger partial charge in [0.05, 0.1) is 5.84 Å². The molecule has 0 bridgehead atoms. The largest absolute Gasteiger partial charge is 0.371 e. The van der Waals surface area contributed by atoms with Crippen LogP contribution in [-0.4, -0.2) is 18.4 Å². The summed E-state index contributed by atoms with van der Waals surface area (Å²) in [7, 11) is 0. The van der Waals surface area contributed by atoms with Crippen LogP contribution in [0.5, 0.6) is 0 Å². The molecule has 0 spiro atoms. The summed E-state index contributed by atoms with van der Waals surface area (Å²) in [6.45, 7) is 5.83. The van der Waals surface area contributed by atoms with Crippen LogP contribution in [0.15, 0.2) is 4.99 Å². The molecule has 2 rings (SSSR count). The fourth-order valence-electron chi connectivity index (χ4n) is 2.77. The summed E-state index contributed by atoms with van der Waals surface area (Å²) < 4.78 is 0. The van der Waals surface area contributed by atoms with Crippen LogP contribution < -0.4 is 5.32 Å². The molecule has 0 aromatic rings. The smallest absolute Gasteiger partial charge is 0.0965 e. The molecule has 0 radical (unpaired) electrons. The van der Waals surface area contributed by atoms with E-state index in [1.807, 2.05) is 0 Å². The highest BCUT2D eigenvalue weighted by Gasteiger charge is 2.27. The van der Waals surface area contributed by atoms with E-state index >= 15 is 0 Å². The monoisotopic (exact) mass is 222 g/mol. The second-order valence-electron chi connectivity index (χ2n) is 6.22. The normalized spacial score (nSPS) is 27.0. The van der Waals surface area contributed by atoms with Crippen LogP contribution in [0.3, 0.4) is 0 Å². The van der Waals surface area contributed by atoms with E-state index in [-0.39, 0.29) is 0 Å². The molecule has 1 aliphatic carbocycles. The number of aliphatic imine (C=N–C) groups is 1. The summed E-state index contributed by atoms with van der Waals surface area (Å²) in [6, 6.07) is 0.699. The van der Waals surface area contributed by atoms with Gasteiger partial charge in [0.15, 0.2) is 0 Å². The van der Waals surface area contributed by atoms with E-state index in [2.05, 4.69) is 24.2 Å². The zero-order valence-electron chi connectivity index (χ0n) is 10.9. The maximum atomic E-state index is 4.66. The molecule has 0 unspecified atom stereocenters. The van der Waals surface area contributed by atoms with Crippen molar-refractivity contribution in [3.63, 3.8) is 0 Å². The second kappa shape index (κ2) is 5.20. The lowest BCUT2D eigenvalue weighted by atomic mass is 9.75. The van der Waals surface area contributed by atoms with E-state index in [4.69, 9.17) is 0 Å². The summed E-state index contributed by atoms with van der Waals surface area (Å²) in [6.07, 6.45) is 10.5. The number of nitrogens with one attached hydrogen (secondary N) is 1. The van der Waals surface area contributed by atoms with Gasteiger partial charge in [0.2, 0.25) is 0 Å². The predicted molar refractivity (Wildman–Crippen MR) is 69.9 cm³/mol. The van der Waals surface area contributed by atoms with Crippen LogP contribution in [-0.2, 0) is 0 Å². The highest BCUT2D eigenvalue weighted by molar-refractivity contribution is 5.82. The van der Waals surface area contributed by atoms with Crippen molar-refractivity contribution in [1.82, 2.24) is 5.32 Å². The van der Waals surface area contributed by atoms with E-state index in [1.165, 1.54) is 57.2 Å². The number of hydrogen-bond acceptors (Lipinski definition) is 2. The average Bonchev–Trinajstić information content (AvgIpc) is 2.50. The maximum absolute atomic E-state index is 4.66. The van der Waals surface area contributed by atoms with Gasteiger partial charge in [-0.15, -0.1) is 0 Å². The second-order valence-corrected chi connectivity index (χ2v) is 6.22. The van der Waals surface area contributed by atoms with Gasteiger partial charge in [0, 0.05) is 19.0 Å². The molecule has 0 aromatic carbocycles. The van der Waals surface area contributed by atoms with E-state index in [9.17, 15) is 0 Å². The first-order valence-corrected chi connectivity index (χ1v) is 6.96. The standard InChI is InChI=1S/C14H26N2/c1-14(2)9-7-12(8-10-14)16-13-6-4-3-5-11-15-13/h12H,3-11H2,1-2H3,(H,15,16). The van der Waals surface area contributed by atoms with E-state index < -0.39 is 0 Å². The Hall–Kier alpha value is -0.530. The van der Waals surface area contributed by atoms with Gasteiger partial charge in [-0.2, -0.15) is 0 Å². The Morgan fingerprint density at radius 1 is 1.12 bits per heavy atom. The number of nitrogens with zero attached hydrogens (tertiary/aromatic N) is 1. The zero-order valence-corrected chi connectivity index (χ0v) is 10.9. The van der Waals surface area contributed by atoms with Crippen LogP contribution in [0.2, 0.25) is 0 Å². The molecule has 0 aromatic heterocycles. The summed E-state index contributed by atoms with van der Waals surface area (Å²) >= 11 is 0. The summed E-state index contributed by atoms with van der Waals surface area (Å²) in [4.78, 5) is 4.66. The molecule has 0 saturated heterocycles. The van der Waals surface area contributed by atoms with Gasteiger partial charge in [-0.25, -0.2) is 0 Å². The fourth-order valence-corrected chi connectivity index (χ4v) is 2.77. The molecule has 16 heavy (non-hydrogen) atoms. The van der Waals surface area contributed by atoms with Gasteiger partial charge in [-0.3, -0.25) is 4.99 Å². The number of rotatable bonds is 1. The van der Waals surface area contributed by atoms with Crippen molar-refractivity contribution in [2.45, 2.75) is 71.3 Å². The highest BCUT2D eigenvalue weighted by atomic mass is 15.0. The first kappa shape index (κ1) is 11.9. The van der Waals surface area contributed by atoms with Gasteiger partial charge < -0.3 is 5.32 Å². The van der Waals surface area contributed by atoms with Crippen molar-refractivity contribution in [1.29, 1.82) is 0 Å². The lowest BCUT2D eigenvalue weighted by Crippen LogP contribution is -2.39. The molecule has 92 valence electrons. The topological polar surface area (TPSA) is 24.4 Å². The molecule has 1 fully saturated rings. The molecule has 0 atom stereocenters. The van der Waals surface area contributed by atoms with E-state index in [0.29, 0.717) is 11.5 Å². The van der Waals surface area contributed by atoms with Crippen LogP contribution in [0.4, 0.5) is 0 Å². The summed E-state index contributed by atoms with van der Waals surface area (Å²) in [5.41, 5.74) is 0.573. The van der Waals surface area contributed by atoms with Crippen LogP contribution in [0.1, 0.15) is 65.2 Å². The van der Waals surface area contributed by atoms with Gasteiger partial charge >= 0.3 is 0 Å². The molecule has 1 aliphatic heterocycles. The van der Waals surface area contributed by atoms with E-state index in [0.717, 1.165) is 6.54 Å². The minimum atomic E-state index is 0.573. The van der Waals surface area contributed by atoms with Gasteiger partial charge in [0.1, 0.15) is 0 Å². The molecule has 1 heterocycles. The third-order valence-electron chi connectivity index (χ3n) is 4.08. The van der Waals surface area contributed by atoms with Crippen molar-refractivity contribution < 1.29 is 0 Å². The molecule has 1 saturated carbocycles. The van der Waals surface area contributed by atoms with Crippen molar-refractivity contribution >= 4 is 5.84 Å².